The summed E-state index contributed by atoms with van der Waals surface area (Å²) in [6, 6.07) is 27.2. The molecule has 0 aromatic heterocycles. The van der Waals surface area contributed by atoms with Crippen LogP contribution in [-0.4, -0.2) is 40.0 Å². The lowest BCUT2D eigenvalue weighted by atomic mass is 9.93. The minimum Gasteiger partial charge on any atom is -0.378 e. The topological polar surface area (TPSA) is 64.7 Å². The van der Waals surface area contributed by atoms with E-state index in [0.717, 1.165) is 33.6 Å². The van der Waals surface area contributed by atoms with Crippen LogP contribution >= 0.6 is 0 Å². The summed E-state index contributed by atoms with van der Waals surface area (Å²) in [5, 5.41) is 6.23. The maximum Gasteiger partial charge on any atom is 0.255 e. The van der Waals surface area contributed by atoms with E-state index in [1.165, 1.54) is 11.1 Å². The van der Waals surface area contributed by atoms with Gasteiger partial charge < -0.3 is 20.4 Å². The van der Waals surface area contributed by atoms with Crippen molar-refractivity contribution < 1.29 is 9.59 Å². The lowest BCUT2D eigenvalue weighted by Gasteiger charge is -2.21. The zero-order valence-corrected chi connectivity index (χ0v) is 24.4. The van der Waals surface area contributed by atoms with Gasteiger partial charge in [-0.2, -0.15) is 0 Å². The maximum atomic E-state index is 13.8. The van der Waals surface area contributed by atoms with Gasteiger partial charge in [-0.15, -0.1) is 0 Å². The third-order valence-corrected chi connectivity index (χ3v) is 7.65. The standard InChI is InChI=1S/C35H36N4O2/c1-22-10-7-8-11-27(22)28-12-9-13-29-31(28)20-23(2)33(29)37-35(41)30-19-18-26(39(5)6)21-32(30)36-34(40)24-14-16-25(17-15-24)38(3)4/h7-21,33H,1-6H3,(H,36,40)(H,37,41). The van der Waals surface area contributed by atoms with Gasteiger partial charge in [-0.25, -0.2) is 0 Å². The van der Waals surface area contributed by atoms with E-state index in [-0.39, 0.29) is 17.9 Å². The van der Waals surface area contributed by atoms with Crippen molar-refractivity contribution in [2.75, 3.05) is 43.3 Å². The van der Waals surface area contributed by atoms with E-state index in [4.69, 9.17) is 0 Å². The van der Waals surface area contributed by atoms with Crippen LogP contribution in [0.3, 0.4) is 0 Å². The van der Waals surface area contributed by atoms with Crippen LogP contribution in [0.25, 0.3) is 17.2 Å². The van der Waals surface area contributed by atoms with Crippen LogP contribution in [0.2, 0.25) is 0 Å². The number of nitrogens with one attached hydrogen (secondary N) is 2. The molecule has 1 aliphatic rings. The Morgan fingerprint density at radius 2 is 1.37 bits per heavy atom. The van der Waals surface area contributed by atoms with Crippen molar-refractivity contribution in [3.8, 4) is 11.1 Å². The van der Waals surface area contributed by atoms with Crippen LogP contribution in [0, 0.1) is 6.92 Å². The fourth-order valence-electron chi connectivity index (χ4n) is 5.28. The number of amides is 2. The smallest absolute Gasteiger partial charge is 0.255 e. The number of hydrogen-bond acceptors (Lipinski definition) is 4. The molecular weight excluding hydrogens is 508 g/mol. The Morgan fingerprint density at radius 1 is 0.707 bits per heavy atom. The van der Waals surface area contributed by atoms with Crippen LogP contribution in [0.5, 0.6) is 0 Å². The molecule has 0 heterocycles. The van der Waals surface area contributed by atoms with Crippen molar-refractivity contribution in [2.45, 2.75) is 19.9 Å². The summed E-state index contributed by atoms with van der Waals surface area (Å²) >= 11 is 0. The number of aryl methyl sites for hydroxylation is 1. The number of fused-ring (bicyclic) bond motifs is 1. The third-order valence-electron chi connectivity index (χ3n) is 7.65. The van der Waals surface area contributed by atoms with E-state index in [1.54, 1.807) is 18.2 Å². The quantitative estimate of drug-likeness (QED) is 0.265. The van der Waals surface area contributed by atoms with E-state index in [9.17, 15) is 9.59 Å². The number of rotatable bonds is 7. The van der Waals surface area contributed by atoms with Gasteiger partial charge >= 0.3 is 0 Å². The highest BCUT2D eigenvalue weighted by atomic mass is 16.2. The Labute approximate surface area is 242 Å². The number of anilines is 3. The molecule has 2 N–H and O–H groups in total. The summed E-state index contributed by atoms with van der Waals surface area (Å²) in [7, 11) is 7.76. The molecule has 0 saturated carbocycles. The van der Waals surface area contributed by atoms with E-state index in [0.29, 0.717) is 16.8 Å². The average molecular weight is 545 g/mol. The van der Waals surface area contributed by atoms with Gasteiger partial charge in [0.1, 0.15) is 0 Å². The van der Waals surface area contributed by atoms with Crippen molar-refractivity contribution >= 4 is 35.0 Å². The van der Waals surface area contributed by atoms with Crippen molar-refractivity contribution in [3.05, 3.63) is 118 Å². The van der Waals surface area contributed by atoms with Crippen molar-refractivity contribution in [1.29, 1.82) is 0 Å². The molecule has 5 rings (SSSR count). The van der Waals surface area contributed by atoms with Crippen LogP contribution in [0.4, 0.5) is 17.1 Å². The molecule has 0 bridgehead atoms. The molecule has 2 amide bonds. The first kappa shape index (κ1) is 27.7. The first-order chi connectivity index (χ1) is 19.6. The highest BCUT2D eigenvalue weighted by molar-refractivity contribution is 6.09. The Hall–Kier alpha value is -4.84. The van der Waals surface area contributed by atoms with Gasteiger partial charge in [-0.05, 0) is 89.7 Å². The Bertz CT molecular complexity index is 1650. The van der Waals surface area contributed by atoms with Gasteiger partial charge in [0.25, 0.3) is 11.8 Å². The second-order valence-electron chi connectivity index (χ2n) is 10.9. The summed E-state index contributed by atoms with van der Waals surface area (Å²) in [4.78, 5) is 30.9. The summed E-state index contributed by atoms with van der Waals surface area (Å²) < 4.78 is 0. The van der Waals surface area contributed by atoms with Crippen LogP contribution in [-0.2, 0) is 0 Å². The molecule has 6 nitrogen and oxygen atoms in total. The van der Waals surface area contributed by atoms with Gasteiger partial charge in [0.05, 0.1) is 17.3 Å². The molecule has 4 aromatic rings. The van der Waals surface area contributed by atoms with Gasteiger partial charge in [-0.1, -0.05) is 48.5 Å². The molecule has 0 spiro atoms. The number of benzene rings is 4. The summed E-state index contributed by atoms with van der Waals surface area (Å²) in [6.45, 7) is 4.16. The zero-order valence-electron chi connectivity index (χ0n) is 24.4. The SMILES string of the molecule is CC1=Cc2c(-c3ccccc3C)cccc2C1NC(=O)c1ccc(N(C)C)cc1NC(=O)c1ccc(N(C)C)cc1. The average Bonchev–Trinajstić information content (AvgIpc) is 3.28. The minimum atomic E-state index is -0.273. The molecule has 6 heteroatoms. The normalized spacial score (nSPS) is 13.7. The molecule has 1 unspecified atom stereocenters. The number of carbonyl (C=O) groups is 2. The van der Waals surface area contributed by atoms with Gasteiger partial charge in [-0.3, -0.25) is 9.59 Å². The first-order valence-electron chi connectivity index (χ1n) is 13.7. The number of hydrogen-bond donors (Lipinski definition) is 2. The lowest BCUT2D eigenvalue weighted by Crippen LogP contribution is -2.29. The van der Waals surface area contributed by atoms with E-state index in [2.05, 4.69) is 54.0 Å². The Morgan fingerprint density at radius 3 is 2.05 bits per heavy atom. The van der Waals surface area contributed by atoms with Gasteiger partial charge in [0.15, 0.2) is 0 Å². The molecule has 41 heavy (non-hydrogen) atoms. The highest BCUT2D eigenvalue weighted by Gasteiger charge is 2.28. The molecule has 208 valence electrons. The van der Waals surface area contributed by atoms with Crippen LogP contribution in [0.1, 0.15) is 50.4 Å². The largest absolute Gasteiger partial charge is 0.378 e. The number of carbonyl (C=O) groups excluding carboxylic acids is 2. The third kappa shape index (κ3) is 5.59. The van der Waals surface area contributed by atoms with E-state index < -0.39 is 0 Å². The zero-order chi connectivity index (χ0) is 29.3. The molecule has 1 aliphatic carbocycles. The predicted octanol–water partition coefficient (Wildman–Crippen LogP) is 6.93. The molecule has 1 atom stereocenters. The molecule has 0 radical (unpaired) electrons. The summed E-state index contributed by atoms with van der Waals surface area (Å²) in [6.07, 6.45) is 2.16. The molecule has 4 aromatic carbocycles. The second kappa shape index (κ2) is 11.3. The number of nitrogens with zero attached hydrogens (tertiary/aromatic N) is 2. The van der Waals surface area contributed by atoms with Crippen LogP contribution < -0.4 is 20.4 Å². The van der Waals surface area contributed by atoms with Crippen molar-refractivity contribution in [3.63, 3.8) is 0 Å². The highest BCUT2D eigenvalue weighted by Crippen LogP contribution is 2.40. The summed E-state index contributed by atoms with van der Waals surface area (Å²) in [5.41, 5.74) is 10.1. The monoisotopic (exact) mass is 544 g/mol. The minimum absolute atomic E-state index is 0.250. The second-order valence-corrected chi connectivity index (χ2v) is 10.9. The van der Waals surface area contributed by atoms with Crippen LogP contribution in [0.15, 0.2) is 90.5 Å². The van der Waals surface area contributed by atoms with Gasteiger partial charge in [0, 0.05) is 45.1 Å². The lowest BCUT2D eigenvalue weighted by molar-refractivity contribution is 0.0943. The Kier molecular flexibility index (Phi) is 7.66. The first-order valence-corrected chi connectivity index (χ1v) is 13.7. The maximum absolute atomic E-state index is 13.8. The Balaban J connectivity index is 1.44. The summed E-state index contributed by atoms with van der Waals surface area (Å²) in [5.74, 6) is -0.522. The molecule has 0 fully saturated rings. The van der Waals surface area contributed by atoms with Crippen molar-refractivity contribution in [2.24, 2.45) is 0 Å². The molecule has 0 saturated heterocycles. The van der Waals surface area contributed by atoms with Gasteiger partial charge in [0.2, 0.25) is 0 Å². The fraction of sp³-hybridized carbons (Fsp3) is 0.200. The fourth-order valence-corrected chi connectivity index (χ4v) is 5.28. The van der Waals surface area contributed by atoms with E-state index >= 15 is 0 Å². The van der Waals surface area contributed by atoms with Crippen molar-refractivity contribution in [1.82, 2.24) is 5.32 Å². The van der Waals surface area contributed by atoms with E-state index in [1.807, 2.05) is 81.3 Å². The molecule has 0 aliphatic heterocycles. The predicted molar refractivity (Wildman–Crippen MR) is 170 cm³/mol. The molecular formula is C35H36N4O2.